The highest BCUT2D eigenvalue weighted by Gasteiger charge is 2.25. The van der Waals surface area contributed by atoms with Crippen LogP contribution in [0.15, 0.2) is 47.4 Å². The minimum Gasteiger partial charge on any atom is -0.457 e. The van der Waals surface area contributed by atoms with Crippen LogP contribution in [0.3, 0.4) is 0 Å². The smallest absolute Gasteiger partial charge is 0.340 e. The summed E-state index contributed by atoms with van der Waals surface area (Å²) in [6.07, 6.45) is 0.0384. The normalized spacial score (nSPS) is 12.2. The van der Waals surface area contributed by atoms with Crippen molar-refractivity contribution in [2.24, 2.45) is 0 Å². The Hall–Kier alpha value is -1.70. The second-order valence-corrected chi connectivity index (χ2v) is 8.99. The van der Waals surface area contributed by atoms with E-state index in [1.54, 1.807) is 18.2 Å². The molecule has 0 bridgehead atoms. The summed E-state index contributed by atoms with van der Waals surface area (Å²) in [6, 6.07) is 12.1. The maximum Gasteiger partial charge on any atom is 0.340 e. The van der Waals surface area contributed by atoms with Crippen LogP contribution >= 0.6 is 7.60 Å². The van der Waals surface area contributed by atoms with Gasteiger partial charge in [0.1, 0.15) is 17.8 Å². The first-order valence-electron chi connectivity index (χ1n) is 8.09. The molecule has 0 fully saturated rings. The second-order valence-electron chi connectivity index (χ2n) is 5.61. The maximum atomic E-state index is 12.5. The third-order valence-corrected chi connectivity index (χ3v) is 6.04. The van der Waals surface area contributed by atoms with Crippen LogP contribution in [0.1, 0.15) is 25.0 Å². The van der Waals surface area contributed by atoms with Crippen LogP contribution in [0.2, 0.25) is 0 Å². The zero-order valence-corrected chi connectivity index (χ0v) is 16.3. The van der Waals surface area contributed by atoms with Gasteiger partial charge in [-0.05, 0) is 48.2 Å². The summed E-state index contributed by atoms with van der Waals surface area (Å²) < 4.78 is 43.9. The molecule has 0 radical (unpaired) electrons. The highest BCUT2D eigenvalue weighted by molar-refractivity contribution is 7.89. The van der Waals surface area contributed by atoms with E-state index in [0.29, 0.717) is 29.9 Å². The molecule has 0 saturated carbocycles. The molecule has 0 aliphatic carbocycles. The van der Waals surface area contributed by atoms with E-state index in [2.05, 4.69) is 0 Å². The average Bonchev–Trinajstić information content (AvgIpc) is 2.59. The van der Waals surface area contributed by atoms with Crippen molar-refractivity contribution in [3.63, 3.8) is 0 Å². The number of sulfonamides is 1. The molecule has 2 rings (SSSR count). The molecule has 0 aliphatic rings. The van der Waals surface area contributed by atoms with Gasteiger partial charge in [-0.15, -0.1) is 0 Å². The number of para-hydroxylation sites is 1. The number of hydrogen-bond acceptors (Lipinski definition) is 4. The highest BCUT2D eigenvalue weighted by Crippen LogP contribution is 2.35. The first kappa shape index (κ1) is 20.6. The van der Waals surface area contributed by atoms with E-state index >= 15 is 0 Å². The lowest BCUT2D eigenvalue weighted by molar-refractivity contribution is 0.371. The van der Waals surface area contributed by atoms with Crippen molar-refractivity contribution in [1.82, 2.24) is 4.72 Å². The average molecular weight is 399 g/mol. The molecule has 142 valence electrons. The fourth-order valence-electron chi connectivity index (χ4n) is 2.63. The molecule has 0 spiro atoms. The first-order valence-corrected chi connectivity index (χ1v) is 11.4. The molecule has 2 aromatic carbocycles. The van der Waals surface area contributed by atoms with Gasteiger partial charge in [-0.3, -0.25) is 4.57 Å². The predicted octanol–water partition coefficient (Wildman–Crippen LogP) is 3.02. The molecule has 7 nitrogen and oxygen atoms in total. The zero-order chi connectivity index (χ0) is 19.4. The third kappa shape index (κ3) is 5.16. The summed E-state index contributed by atoms with van der Waals surface area (Å²) in [6.45, 7) is 3.72. The number of ether oxygens (including phenoxy) is 1. The fraction of sp³-hybridized carbons (Fsp3) is 0.294. The Morgan fingerprint density at radius 3 is 2.15 bits per heavy atom. The van der Waals surface area contributed by atoms with E-state index in [1.165, 1.54) is 6.07 Å². The monoisotopic (exact) mass is 399 g/mol. The quantitative estimate of drug-likeness (QED) is 0.588. The number of benzene rings is 2. The van der Waals surface area contributed by atoms with Crippen LogP contribution in [-0.2, 0) is 27.4 Å². The van der Waals surface area contributed by atoms with Gasteiger partial charge in [-0.1, -0.05) is 32.0 Å². The molecule has 0 saturated heterocycles. The Morgan fingerprint density at radius 1 is 1.00 bits per heavy atom. The van der Waals surface area contributed by atoms with Crippen molar-refractivity contribution in [2.45, 2.75) is 31.6 Å². The molecule has 0 atom stereocenters. The second kappa shape index (κ2) is 8.33. The van der Waals surface area contributed by atoms with Crippen LogP contribution in [0.25, 0.3) is 0 Å². The largest absolute Gasteiger partial charge is 0.457 e. The lowest BCUT2D eigenvalue weighted by Crippen LogP contribution is -2.26. The Labute approximate surface area is 153 Å². The molecule has 0 aliphatic heterocycles. The maximum absolute atomic E-state index is 12.5. The van der Waals surface area contributed by atoms with E-state index in [4.69, 9.17) is 14.5 Å². The molecule has 26 heavy (non-hydrogen) atoms. The number of nitrogens with one attached hydrogen (secondary N) is 1. The summed E-state index contributed by atoms with van der Waals surface area (Å²) in [4.78, 5) is 17.9. The number of rotatable bonds is 8. The minimum absolute atomic E-state index is 0.00529. The summed E-state index contributed by atoms with van der Waals surface area (Å²) in [7, 11) is -8.55. The van der Waals surface area contributed by atoms with Gasteiger partial charge in [0.05, 0.1) is 4.90 Å². The van der Waals surface area contributed by atoms with Gasteiger partial charge in [0.2, 0.25) is 10.0 Å². The SMILES string of the molecule is CCc1c(Oc2ccccc2)ccc(S(=O)(=O)NCP(=O)(O)O)c1CC. The first-order chi connectivity index (χ1) is 12.2. The Balaban J connectivity index is 2.45. The summed E-state index contributed by atoms with van der Waals surface area (Å²) in [5.41, 5.74) is 1.31. The van der Waals surface area contributed by atoms with Gasteiger partial charge in [0.25, 0.3) is 0 Å². The van der Waals surface area contributed by atoms with Crippen molar-refractivity contribution < 1.29 is 27.5 Å². The van der Waals surface area contributed by atoms with Gasteiger partial charge in [0.15, 0.2) is 0 Å². The lowest BCUT2D eigenvalue weighted by Gasteiger charge is -2.18. The van der Waals surface area contributed by atoms with Crippen LogP contribution in [-0.4, -0.2) is 24.5 Å². The van der Waals surface area contributed by atoms with Gasteiger partial charge in [0, 0.05) is 0 Å². The molecule has 3 N–H and O–H groups in total. The van der Waals surface area contributed by atoms with Crippen molar-refractivity contribution in [3.05, 3.63) is 53.6 Å². The standard InChI is InChI=1S/C17H22NO6PS/c1-3-14-15(4-2)17(26(22,23)18-12-25(19,20)21)11-10-16(14)24-13-8-6-5-7-9-13/h5-11,18H,3-4,12H2,1-2H3,(H2,19,20,21). The van der Waals surface area contributed by atoms with Crippen molar-refractivity contribution in [1.29, 1.82) is 0 Å². The Morgan fingerprint density at radius 2 is 1.62 bits per heavy atom. The number of hydrogen-bond donors (Lipinski definition) is 3. The highest BCUT2D eigenvalue weighted by atomic mass is 32.2. The fourth-order valence-corrected chi connectivity index (χ4v) is 4.98. The molecule has 0 amide bonds. The lowest BCUT2D eigenvalue weighted by atomic mass is 10.0. The molecular formula is C17H22NO6PS. The minimum atomic E-state index is -4.50. The van der Waals surface area contributed by atoms with E-state index in [0.717, 1.165) is 5.56 Å². The summed E-state index contributed by atoms with van der Waals surface area (Å²) in [5, 5.41) is 0. The zero-order valence-electron chi connectivity index (χ0n) is 14.5. The Kier molecular flexibility index (Phi) is 6.60. The van der Waals surface area contributed by atoms with Gasteiger partial charge in [-0.2, -0.15) is 4.72 Å². The molecule has 2 aromatic rings. The van der Waals surface area contributed by atoms with Crippen molar-refractivity contribution in [2.75, 3.05) is 6.29 Å². The van der Waals surface area contributed by atoms with Crippen LogP contribution < -0.4 is 9.46 Å². The van der Waals surface area contributed by atoms with Crippen LogP contribution in [0.4, 0.5) is 0 Å². The molecule has 9 heteroatoms. The topological polar surface area (TPSA) is 113 Å². The van der Waals surface area contributed by atoms with E-state index in [-0.39, 0.29) is 4.90 Å². The summed E-state index contributed by atoms with van der Waals surface area (Å²) in [5.74, 6) is 1.20. The van der Waals surface area contributed by atoms with Gasteiger partial charge < -0.3 is 14.5 Å². The predicted molar refractivity (Wildman–Crippen MR) is 98.9 cm³/mol. The molecule has 0 unspecified atom stereocenters. The van der Waals surface area contributed by atoms with Crippen molar-refractivity contribution >= 4 is 17.6 Å². The van der Waals surface area contributed by atoms with Crippen LogP contribution in [0.5, 0.6) is 11.5 Å². The Bertz CT molecular complexity index is 908. The van der Waals surface area contributed by atoms with Gasteiger partial charge >= 0.3 is 7.60 Å². The van der Waals surface area contributed by atoms with E-state index in [9.17, 15) is 13.0 Å². The summed E-state index contributed by atoms with van der Waals surface area (Å²) >= 11 is 0. The van der Waals surface area contributed by atoms with Gasteiger partial charge in [-0.25, -0.2) is 8.42 Å². The van der Waals surface area contributed by atoms with Crippen molar-refractivity contribution in [3.8, 4) is 11.5 Å². The van der Waals surface area contributed by atoms with E-state index < -0.39 is 23.9 Å². The van der Waals surface area contributed by atoms with Crippen LogP contribution in [0, 0.1) is 0 Å². The molecule has 0 aromatic heterocycles. The third-order valence-electron chi connectivity index (χ3n) is 3.77. The molecular weight excluding hydrogens is 377 g/mol. The molecule has 0 heterocycles. The van der Waals surface area contributed by atoms with E-state index in [1.807, 2.05) is 36.8 Å².